The van der Waals surface area contributed by atoms with Gasteiger partial charge in [0, 0.05) is 19.4 Å². The molecule has 0 radical (unpaired) electrons. The molecule has 3 aromatic heterocycles. The minimum atomic E-state index is 0.658. The van der Waals surface area contributed by atoms with Gasteiger partial charge in [0.05, 0.1) is 14.2 Å². The van der Waals surface area contributed by atoms with Crippen molar-refractivity contribution in [2.75, 3.05) is 5.73 Å². The Morgan fingerprint density at radius 2 is 1.95 bits per heavy atom. The molecular formula is C13H11BrN4S. The fourth-order valence-corrected chi connectivity index (χ4v) is 3.33. The van der Waals surface area contributed by atoms with E-state index in [0.29, 0.717) is 5.82 Å². The molecule has 0 aromatic carbocycles. The van der Waals surface area contributed by atoms with Crippen molar-refractivity contribution in [1.29, 1.82) is 0 Å². The molecule has 0 saturated carbocycles. The van der Waals surface area contributed by atoms with E-state index in [-0.39, 0.29) is 0 Å². The SMILES string of the molecule is Cn1nc(-c2ccc(Br)s2)c(-c2ccncc2)c1N. The van der Waals surface area contributed by atoms with Crippen molar-refractivity contribution >= 4 is 33.1 Å². The van der Waals surface area contributed by atoms with Crippen LogP contribution in [0, 0.1) is 0 Å². The Morgan fingerprint density at radius 1 is 1.21 bits per heavy atom. The van der Waals surface area contributed by atoms with Crippen molar-refractivity contribution in [2.24, 2.45) is 7.05 Å². The minimum Gasteiger partial charge on any atom is -0.383 e. The number of nitrogen functional groups attached to an aromatic ring is 1. The fraction of sp³-hybridized carbons (Fsp3) is 0.0769. The van der Waals surface area contributed by atoms with Crippen LogP contribution in [0.15, 0.2) is 40.4 Å². The molecule has 0 spiro atoms. The van der Waals surface area contributed by atoms with Crippen LogP contribution in [0.5, 0.6) is 0 Å². The third kappa shape index (κ3) is 2.17. The maximum Gasteiger partial charge on any atom is 0.129 e. The maximum atomic E-state index is 6.15. The number of pyridine rings is 1. The maximum absolute atomic E-state index is 6.15. The van der Waals surface area contributed by atoms with Crippen molar-refractivity contribution in [3.05, 3.63) is 40.4 Å². The molecule has 96 valence electrons. The average Bonchev–Trinajstić information content (AvgIpc) is 2.96. The van der Waals surface area contributed by atoms with Crippen LogP contribution in [-0.4, -0.2) is 14.8 Å². The molecule has 3 rings (SSSR count). The van der Waals surface area contributed by atoms with Gasteiger partial charge in [0.1, 0.15) is 11.5 Å². The Hall–Kier alpha value is -1.66. The third-order valence-electron chi connectivity index (χ3n) is 2.87. The summed E-state index contributed by atoms with van der Waals surface area (Å²) < 4.78 is 2.78. The first-order valence-corrected chi connectivity index (χ1v) is 7.26. The number of halogens is 1. The van der Waals surface area contributed by atoms with Crippen LogP contribution in [0.3, 0.4) is 0 Å². The van der Waals surface area contributed by atoms with Gasteiger partial charge in [0.15, 0.2) is 0 Å². The molecule has 0 atom stereocenters. The summed E-state index contributed by atoms with van der Waals surface area (Å²) in [5.74, 6) is 0.658. The van der Waals surface area contributed by atoms with Gasteiger partial charge in [-0.15, -0.1) is 11.3 Å². The Balaban J connectivity index is 2.24. The zero-order valence-corrected chi connectivity index (χ0v) is 12.6. The Bertz CT molecular complexity index is 718. The van der Waals surface area contributed by atoms with Crippen LogP contribution in [0.25, 0.3) is 21.7 Å². The number of thiophene rings is 1. The number of rotatable bonds is 2. The van der Waals surface area contributed by atoms with E-state index in [1.807, 2.05) is 31.3 Å². The van der Waals surface area contributed by atoms with Crippen molar-refractivity contribution in [1.82, 2.24) is 14.8 Å². The van der Waals surface area contributed by atoms with E-state index in [1.165, 1.54) is 0 Å². The number of aromatic nitrogens is 3. The summed E-state index contributed by atoms with van der Waals surface area (Å²) in [5.41, 5.74) is 9.04. The van der Waals surface area contributed by atoms with E-state index < -0.39 is 0 Å². The van der Waals surface area contributed by atoms with E-state index in [9.17, 15) is 0 Å². The Morgan fingerprint density at radius 3 is 2.58 bits per heavy atom. The highest BCUT2D eigenvalue weighted by Gasteiger charge is 2.18. The average molecular weight is 335 g/mol. The fourth-order valence-electron chi connectivity index (χ4n) is 1.95. The molecule has 2 N–H and O–H groups in total. The molecule has 0 unspecified atom stereocenters. The molecule has 6 heteroatoms. The molecule has 0 fully saturated rings. The van der Waals surface area contributed by atoms with Crippen molar-refractivity contribution in [2.45, 2.75) is 0 Å². The van der Waals surface area contributed by atoms with E-state index in [2.05, 4.69) is 26.0 Å². The number of anilines is 1. The molecule has 4 nitrogen and oxygen atoms in total. The third-order valence-corrected chi connectivity index (χ3v) is 4.50. The highest BCUT2D eigenvalue weighted by atomic mass is 79.9. The summed E-state index contributed by atoms with van der Waals surface area (Å²) in [6.45, 7) is 0. The van der Waals surface area contributed by atoms with Crippen LogP contribution in [0.1, 0.15) is 0 Å². The van der Waals surface area contributed by atoms with E-state index in [4.69, 9.17) is 5.73 Å². The lowest BCUT2D eigenvalue weighted by Crippen LogP contribution is -1.97. The molecule has 0 amide bonds. The number of hydrogen-bond acceptors (Lipinski definition) is 4. The summed E-state index contributed by atoms with van der Waals surface area (Å²) >= 11 is 5.12. The first-order valence-electron chi connectivity index (χ1n) is 5.65. The van der Waals surface area contributed by atoms with E-state index >= 15 is 0 Å². The van der Waals surface area contributed by atoms with Crippen LogP contribution in [0.2, 0.25) is 0 Å². The van der Waals surface area contributed by atoms with E-state index in [1.54, 1.807) is 28.4 Å². The normalized spacial score (nSPS) is 10.8. The van der Waals surface area contributed by atoms with Gasteiger partial charge < -0.3 is 5.73 Å². The monoisotopic (exact) mass is 334 g/mol. The lowest BCUT2D eigenvalue weighted by Gasteiger charge is -2.02. The molecule has 0 bridgehead atoms. The summed E-state index contributed by atoms with van der Waals surface area (Å²) in [6, 6.07) is 7.95. The van der Waals surface area contributed by atoms with Gasteiger partial charge in [-0.25, -0.2) is 0 Å². The van der Waals surface area contributed by atoms with Gasteiger partial charge in [0.2, 0.25) is 0 Å². The molecule has 19 heavy (non-hydrogen) atoms. The quantitative estimate of drug-likeness (QED) is 0.779. The second-order valence-electron chi connectivity index (χ2n) is 4.07. The Kier molecular flexibility index (Phi) is 3.12. The summed E-state index contributed by atoms with van der Waals surface area (Å²) in [4.78, 5) is 5.13. The van der Waals surface area contributed by atoms with Gasteiger partial charge in [-0.1, -0.05) is 0 Å². The zero-order valence-electron chi connectivity index (χ0n) is 10.2. The van der Waals surface area contributed by atoms with Crippen LogP contribution < -0.4 is 5.73 Å². The first kappa shape index (κ1) is 12.4. The molecule has 3 heterocycles. The lowest BCUT2D eigenvalue weighted by atomic mass is 10.1. The van der Waals surface area contributed by atoms with Crippen molar-refractivity contribution in [3.63, 3.8) is 0 Å². The Labute approximate surface area is 123 Å². The molecule has 0 saturated heterocycles. The molecule has 0 aliphatic rings. The largest absolute Gasteiger partial charge is 0.383 e. The van der Waals surface area contributed by atoms with Crippen LogP contribution >= 0.6 is 27.3 Å². The summed E-state index contributed by atoms with van der Waals surface area (Å²) in [7, 11) is 1.85. The van der Waals surface area contributed by atoms with Gasteiger partial charge in [-0.2, -0.15) is 5.10 Å². The van der Waals surface area contributed by atoms with Gasteiger partial charge >= 0.3 is 0 Å². The molecule has 3 aromatic rings. The number of nitrogens with zero attached hydrogens (tertiary/aromatic N) is 3. The highest BCUT2D eigenvalue weighted by molar-refractivity contribution is 9.11. The molecule has 0 aliphatic carbocycles. The van der Waals surface area contributed by atoms with Gasteiger partial charge in [-0.3, -0.25) is 9.67 Å². The molecular weight excluding hydrogens is 324 g/mol. The smallest absolute Gasteiger partial charge is 0.129 e. The predicted molar refractivity (Wildman–Crippen MR) is 81.9 cm³/mol. The summed E-state index contributed by atoms with van der Waals surface area (Å²) in [6.07, 6.45) is 3.52. The van der Waals surface area contributed by atoms with E-state index in [0.717, 1.165) is 25.5 Å². The van der Waals surface area contributed by atoms with Gasteiger partial charge in [0.25, 0.3) is 0 Å². The second kappa shape index (κ2) is 4.79. The highest BCUT2D eigenvalue weighted by Crippen LogP contribution is 2.39. The summed E-state index contributed by atoms with van der Waals surface area (Å²) in [5, 5.41) is 4.53. The standard InChI is InChI=1S/C13H11BrN4S/c1-18-13(15)11(8-4-6-16-7-5-8)12(17-18)9-2-3-10(14)19-9/h2-7H,15H2,1H3. The topological polar surface area (TPSA) is 56.7 Å². The number of nitrogens with two attached hydrogens (primary N) is 1. The van der Waals surface area contributed by atoms with Crippen LogP contribution in [-0.2, 0) is 7.05 Å². The van der Waals surface area contributed by atoms with Crippen molar-refractivity contribution < 1.29 is 0 Å². The zero-order chi connectivity index (χ0) is 13.4. The minimum absolute atomic E-state index is 0.658. The first-order chi connectivity index (χ1) is 9.16. The van der Waals surface area contributed by atoms with Crippen molar-refractivity contribution in [3.8, 4) is 21.7 Å². The number of hydrogen-bond donors (Lipinski definition) is 1. The predicted octanol–water partition coefficient (Wildman–Crippen LogP) is 3.56. The number of aryl methyl sites for hydroxylation is 1. The second-order valence-corrected chi connectivity index (χ2v) is 6.54. The van der Waals surface area contributed by atoms with Gasteiger partial charge in [-0.05, 0) is 45.8 Å². The van der Waals surface area contributed by atoms with Crippen LogP contribution in [0.4, 0.5) is 5.82 Å². The lowest BCUT2D eigenvalue weighted by molar-refractivity contribution is 0.783. The molecule has 0 aliphatic heterocycles.